The van der Waals surface area contributed by atoms with Crippen LogP contribution in [0, 0.1) is 0 Å². The Morgan fingerprint density at radius 2 is 2.31 bits per heavy atom. The molecular weight excluding hydrogens is 182 g/mol. The van der Waals surface area contributed by atoms with Crippen LogP contribution in [-0.2, 0) is 0 Å². The summed E-state index contributed by atoms with van der Waals surface area (Å²) in [5.74, 6) is 0.554. The van der Waals surface area contributed by atoms with Gasteiger partial charge in [-0.3, -0.25) is 0 Å². The SMILES string of the molecule is Clc1ccc(C2C=CCCC2)cn1. The predicted molar refractivity (Wildman–Crippen MR) is 55.0 cm³/mol. The van der Waals surface area contributed by atoms with Crippen LogP contribution in [0.25, 0.3) is 0 Å². The van der Waals surface area contributed by atoms with E-state index in [-0.39, 0.29) is 0 Å². The van der Waals surface area contributed by atoms with E-state index in [9.17, 15) is 0 Å². The van der Waals surface area contributed by atoms with Gasteiger partial charge in [-0.1, -0.05) is 29.8 Å². The highest BCUT2D eigenvalue weighted by molar-refractivity contribution is 6.29. The minimum Gasteiger partial charge on any atom is -0.244 e. The number of rotatable bonds is 1. The van der Waals surface area contributed by atoms with E-state index in [1.807, 2.05) is 12.3 Å². The van der Waals surface area contributed by atoms with Gasteiger partial charge >= 0.3 is 0 Å². The first-order valence-corrected chi connectivity index (χ1v) is 5.02. The topological polar surface area (TPSA) is 12.9 Å². The average Bonchev–Trinajstić information content (AvgIpc) is 2.20. The number of allylic oxidation sites excluding steroid dienone is 2. The molecule has 1 aliphatic rings. The fourth-order valence-corrected chi connectivity index (χ4v) is 1.81. The first-order chi connectivity index (χ1) is 6.36. The summed E-state index contributed by atoms with van der Waals surface area (Å²) in [4.78, 5) is 4.09. The Bertz CT molecular complexity index is 302. The molecule has 1 aliphatic carbocycles. The highest BCUT2D eigenvalue weighted by Crippen LogP contribution is 2.27. The molecule has 1 aromatic heterocycles. The minimum absolute atomic E-state index is 0.554. The van der Waals surface area contributed by atoms with E-state index in [0.29, 0.717) is 11.1 Å². The van der Waals surface area contributed by atoms with Crippen LogP contribution in [0.3, 0.4) is 0 Å². The molecule has 13 heavy (non-hydrogen) atoms. The minimum atomic E-state index is 0.554. The molecule has 1 aromatic rings. The van der Waals surface area contributed by atoms with E-state index in [0.717, 1.165) is 0 Å². The third kappa shape index (κ3) is 2.10. The van der Waals surface area contributed by atoms with Gasteiger partial charge in [0.05, 0.1) is 0 Å². The van der Waals surface area contributed by atoms with E-state index in [1.54, 1.807) is 0 Å². The lowest BCUT2D eigenvalue weighted by atomic mass is 9.90. The lowest BCUT2D eigenvalue weighted by Crippen LogP contribution is -1.99. The van der Waals surface area contributed by atoms with Gasteiger partial charge in [0.2, 0.25) is 0 Å². The molecule has 0 fully saturated rings. The van der Waals surface area contributed by atoms with Crippen LogP contribution in [-0.4, -0.2) is 4.98 Å². The number of hydrogen-bond acceptors (Lipinski definition) is 1. The summed E-state index contributed by atoms with van der Waals surface area (Å²) in [7, 11) is 0. The van der Waals surface area contributed by atoms with Crippen molar-refractivity contribution in [3.05, 3.63) is 41.2 Å². The molecule has 0 amide bonds. The smallest absolute Gasteiger partial charge is 0.129 e. The fraction of sp³-hybridized carbons (Fsp3) is 0.364. The number of aromatic nitrogens is 1. The van der Waals surface area contributed by atoms with Gasteiger partial charge in [-0.25, -0.2) is 4.98 Å². The summed E-state index contributed by atoms with van der Waals surface area (Å²) in [5.41, 5.74) is 1.28. The second kappa shape index (κ2) is 3.93. The van der Waals surface area contributed by atoms with Crippen molar-refractivity contribution in [2.75, 3.05) is 0 Å². The molecule has 2 rings (SSSR count). The number of nitrogens with zero attached hydrogens (tertiary/aromatic N) is 1. The van der Waals surface area contributed by atoms with E-state index in [4.69, 9.17) is 11.6 Å². The highest BCUT2D eigenvalue weighted by Gasteiger charge is 2.10. The van der Waals surface area contributed by atoms with Crippen molar-refractivity contribution in [1.29, 1.82) is 0 Å². The van der Waals surface area contributed by atoms with Crippen molar-refractivity contribution < 1.29 is 0 Å². The maximum Gasteiger partial charge on any atom is 0.129 e. The Balaban J connectivity index is 2.19. The van der Waals surface area contributed by atoms with Gasteiger partial charge in [-0.05, 0) is 30.9 Å². The quantitative estimate of drug-likeness (QED) is 0.491. The number of halogens is 1. The Hall–Kier alpha value is -0.820. The normalized spacial score (nSPS) is 21.8. The van der Waals surface area contributed by atoms with Gasteiger partial charge in [-0.15, -0.1) is 0 Å². The van der Waals surface area contributed by atoms with Gasteiger partial charge in [-0.2, -0.15) is 0 Å². The van der Waals surface area contributed by atoms with Crippen LogP contribution in [0.2, 0.25) is 5.15 Å². The molecule has 68 valence electrons. The Morgan fingerprint density at radius 1 is 1.38 bits per heavy atom. The van der Waals surface area contributed by atoms with Crippen molar-refractivity contribution in [3.63, 3.8) is 0 Å². The Labute approximate surface area is 83.4 Å². The first kappa shape index (κ1) is 8.76. The molecule has 2 heteroatoms. The van der Waals surface area contributed by atoms with Crippen molar-refractivity contribution >= 4 is 11.6 Å². The summed E-state index contributed by atoms with van der Waals surface area (Å²) in [6.45, 7) is 0. The van der Waals surface area contributed by atoms with Crippen molar-refractivity contribution in [1.82, 2.24) is 4.98 Å². The third-order valence-electron chi connectivity index (χ3n) is 2.43. The monoisotopic (exact) mass is 193 g/mol. The van der Waals surface area contributed by atoms with Crippen LogP contribution >= 0.6 is 11.6 Å². The summed E-state index contributed by atoms with van der Waals surface area (Å²) in [5, 5.41) is 0.573. The second-order valence-corrected chi connectivity index (χ2v) is 3.77. The summed E-state index contributed by atoms with van der Waals surface area (Å²) in [6.07, 6.45) is 10.1. The maximum atomic E-state index is 5.72. The van der Waals surface area contributed by atoms with Crippen molar-refractivity contribution in [2.45, 2.75) is 25.2 Å². The molecule has 1 atom stereocenters. The van der Waals surface area contributed by atoms with Crippen LogP contribution in [0.4, 0.5) is 0 Å². The lowest BCUT2D eigenvalue weighted by molar-refractivity contribution is 0.652. The molecule has 1 unspecified atom stereocenters. The molecule has 0 saturated carbocycles. The average molecular weight is 194 g/mol. The largest absolute Gasteiger partial charge is 0.244 e. The lowest BCUT2D eigenvalue weighted by Gasteiger charge is -2.15. The molecule has 0 N–H and O–H groups in total. The first-order valence-electron chi connectivity index (χ1n) is 4.64. The van der Waals surface area contributed by atoms with Crippen molar-refractivity contribution in [2.24, 2.45) is 0 Å². The summed E-state index contributed by atoms with van der Waals surface area (Å²) >= 11 is 5.72. The zero-order valence-corrected chi connectivity index (χ0v) is 8.17. The summed E-state index contributed by atoms with van der Waals surface area (Å²) < 4.78 is 0. The number of pyridine rings is 1. The Kier molecular flexibility index (Phi) is 2.65. The standard InChI is InChI=1S/C11H12ClN/c12-11-7-6-10(8-13-11)9-4-2-1-3-5-9/h2,4,6-9H,1,3,5H2. The van der Waals surface area contributed by atoms with Crippen LogP contribution in [0.5, 0.6) is 0 Å². The van der Waals surface area contributed by atoms with Crippen LogP contribution < -0.4 is 0 Å². The van der Waals surface area contributed by atoms with E-state index < -0.39 is 0 Å². The Morgan fingerprint density at radius 3 is 2.92 bits per heavy atom. The van der Waals surface area contributed by atoms with Gasteiger partial charge in [0, 0.05) is 12.1 Å². The molecule has 0 spiro atoms. The summed E-state index contributed by atoms with van der Waals surface area (Å²) in [6, 6.07) is 3.93. The predicted octanol–water partition coefficient (Wildman–Crippen LogP) is 3.56. The highest BCUT2D eigenvalue weighted by atomic mass is 35.5. The molecule has 1 heterocycles. The molecular formula is C11H12ClN. The van der Waals surface area contributed by atoms with Crippen LogP contribution in [0.15, 0.2) is 30.5 Å². The zero-order valence-electron chi connectivity index (χ0n) is 7.41. The molecule has 0 aliphatic heterocycles. The van der Waals surface area contributed by atoms with E-state index in [1.165, 1.54) is 24.8 Å². The molecule has 0 saturated heterocycles. The maximum absolute atomic E-state index is 5.72. The van der Waals surface area contributed by atoms with Gasteiger partial charge in [0.15, 0.2) is 0 Å². The number of hydrogen-bond donors (Lipinski definition) is 0. The molecule has 0 aromatic carbocycles. The third-order valence-corrected chi connectivity index (χ3v) is 2.66. The van der Waals surface area contributed by atoms with E-state index in [2.05, 4.69) is 23.2 Å². The van der Waals surface area contributed by atoms with Gasteiger partial charge in [0.1, 0.15) is 5.15 Å². The van der Waals surface area contributed by atoms with Crippen molar-refractivity contribution in [3.8, 4) is 0 Å². The van der Waals surface area contributed by atoms with Gasteiger partial charge in [0.25, 0.3) is 0 Å². The fourth-order valence-electron chi connectivity index (χ4n) is 1.70. The molecule has 0 bridgehead atoms. The molecule has 1 nitrogen and oxygen atoms in total. The van der Waals surface area contributed by atoms with Crippen LogP contribution in [0.1, 0.15) is 30.7 Å². The molecule has 0 radical (unpaired) electrons. The second-order valence-electron chi connectivity index (χ2n) is 3.38. The zero-order chi connectivity index (χ0) is 9.10. The van der Waals surface area contributed by atoms with Gasteiger partial charge < -0.3 is 0 Å². The van der Waals surface area contributed by atoms with E-state index >= 15 is 0 Å².